The van der Waals surface area contributed by atoms with E-state index >= 15 is 0 Å². The number of hydrogen-bond acceptors (Lipinski definition) is 2. The zero-order valence-corrected chi connectivity index (χ0v) is 12.4. The minimum Gasteiger partial charge on any atom is -0.331 e. The SMILES string of the molecule is O=C(Nc1cccnc1Br)N[C@H]1CCc2ccccc21. The topological polar surface area (TPSA) is 54.0 Å². The van der Waals surface area contributed by atoms with Crippen molar-refractivity contribution in [1.29, 1.82) is 0 Å². The van der Waals surface area contributed by atoms with Crippen molar-refractivity contribution in [2.75, 3.05) is 5.32 Å². The molecule has 4 nitrogen and oxygen atoms in total. The zero-order valence-electron chi connectivity index (χ0n) is 10.8. The highest BCUT2D eigenvalue weighted by Crippen LogP contribution is 2.30. The van der Waals surface area contributed by atoms with Gasteiger partial charge in [-0.1, -0.05) is 24.3 Å². The predicted octanol–water partition coefficient (Wildman–Crippen LogP) is 3.65. The normalized spacial score (nSPS) is 16.6. The minimum absolute atomic E-state index is 0.0849. The van der Waals surface area contributed by atoms with E-state index in [0.717, 1.165) is 12.8 Å². The molecule has 0 saturated heterocycles. The Morgan fingerprint density at radius 2 is 2.10 bits per heavy atom. The maximum Gasteiger partial charge on any atom is 0.319 e. The lowest BCUT2D eigenvalue weighted by Crippen LogP contribution is -2.31. The van der Waals surface area contributed by atoms with Crippen molar-refractivity contribution in [2.45, 2.75) is 18.9 Å². The number of pyridine rings is 1. The highest BCUT2D eigenvalue weighted by molar-refractivity contribution is 9.10. The summed E-state index contributed by atoms with van der Waals surface area (Å²) in [4.78, 5) is 16.1. The van der Waals surface area contributed by atoms with E-state index < -0.39 is 0 Å². The number of carbonyl (C=O) groups excluding carboxylic acids is 1. The van der Waals surface area contributed by atoms with Crippen LogP contribution in [0, 0.1) is 0 Å². The Kier molecular flexibility index (Phi) is 3.69. The molecule has 20 heavy (non-hydrogen) atoms. The lowest BCUT2D eigenvalue weighted by atomic mass is 10.1. The number of benzene rings is 1. The van der Waals surface area contributed by atoms with E-state index in [1.54, 1.807) is 18.3 Å². The van der Waals surface area contributed by atoms with Crippen molar-refractivity contribution in [3.63, 3.8) is 0 Å². The van der Waals surface area contributed by atoms with Crippen LogP contribution < -0.4 is 10.6 Å². The van der Waals surface area contributed by atoms with Crippen LogP contribution in [0.15, 0.2) is 47.2 Å². The van der Waals surface area contributed by atoms with Crippen molar-refractivity contribution in [3.05, 3.63) is 58.3 Å². The van der Waals surface area contributed by atoms with E-state index in [9.17, 15) is 4.79 Å². The molecule has 3 rings (SSSR count). The van der Waals surface area contributed by atoms with Crippen molar-refractivity contribution < 1.29 is 4.79 Å². The van der Waals surface area contributed by atoms with Gasteiger partial charge < -0.3 is 10.6 Å². The van der Waals surface area contributed by atoms with Gasteiger partial charge in [-0.2, -0.15) is 0 Å². The Morgan fingerprint density at radius 1 is 1.25 bits per heavy atom. The fourth-order valence-corrected chi connectivity index (χ4v) is 2.85. The first-order valence-electron chi connectivity index (χ1n) is 6.50. The first-order valence-corrected chi connectivity index (χ1v) is 7.29. The van der Waals surface area contributed by atoms with Crippen LogP contribution in [0.5, 0.6) is 0 Å². The van der Waals surface area contributed by atoms with Crippen molar-refractivity contribution in [2.24, 2.45) is 0 Å². The van der Waals surface area contributed by atoms with Gasteiger partial charge in [0.25, 0.3) is 0 Å². The summed E-state index contributed by atoms with van der Waals surface area (Å²) in [6.45, 7) is 0. The molecule has 0 aliphatic heterocycles. The molecule has 102 valence electrons. The van der Waals surface area contributed by atoms with Crippen LogP contribution in [0.4, 0.5) is 10.5 Å². The van der Waals surface area contributed by atoms with Crippen molar-refractivity contribution >= 4 is 27.6 Å². The monoisotopic (exact) mass is 331 g/mol. The number of halogens is 1. The van der Waals surface area contributed by atoms with Crippen LogP contribution in [0.25, 0.3) is 0 Å². The third kappa shape index (κ3) is 2.67. The molecule has 0 fully saturated rings. The van der Waals surface area contributed by atoms with Gasteiger partial charge in [-0.3, -0.25) is 0 Å². The van der Waals surface area contributed by atoms with Gasteiger partial charge >= 0.3 is 6.03 Å². The number of aromatic nitrogens is 1. The Bertz CT molecular complexity index is 645. The Hall–Kier alpha value is -1.88. The standard InChI is InChI=1S/C15H14BrN3O/c16-14-13(6-3-9-17-14)19-15(20)18-12-8-7-10-4-1-2-5-11(10)12/h1-6,9,12H,7-8H2,(H2,18,19,20)/t12-/m0/s1. The number of urea groups is 1. The number of nitrogens with one attached hydrogen (secondary N) is 2. The lowest BCUT2D eigenvalue weighted by molar-refractivity contribution is 0.248. The summed E-state index contributed by atoms with van der Waals surface area (Å²) in [5.41, 5.74) is 3.20. The van der Waals surface area contributed by atoms with Crippen LogP contribution in [0.2, 0.25) is 0 Å². The van der Waals surface area contributed by atoms with E-state index in [1.807, 2.05) is 12.1 Å². The van der Waals surface area contributed by atoms with Gasteiger partial charge in [0, 0.05) is 6.20 Å². The lowest BCUT2D eigenvalue weighted by Gasteiger charge is -2.15. The number of carbonyl (C=O) groups is 1. The van der Waals surface area contributed by atoms with E-state index in [-0.39, 0.29) is 12.1 Å². The van der Waals surface area contributed by atoms with Gasteiger partial charge in [0.2, 0.25) is 0 Å². The molecule has 1 heterocycles. The molecule has 0 bridgehead atoms. The van der Waals surface area contributed by atoms with Gasteiger partial charge in [0.15, 0.2) is 0 Å². The Labute approximate surface area is 125 Å². The average molecular weight is 332 g/mol. The third-order valence-electron chi connectivity index (χ3n) is 3.45. The van der Waals surface area contributed by atoms with E-state index in [0.29, 0.717) is 10.3 Å². The Balaban J connectivity index is 1.68. The first-order chi connectivity index (χ1) is 9.74. The molecule has 0 radical (unpaired) electrons. The summed E-state index contributed by atoms with van der Waals surface area (Å²) in [7, 11) is 0. The second-order valence-corrected chi connectivity index (χ2v) is 5.48. The highest BCUT2D eigenvalue weighted by Gasteiger charge is 2.23. The van der Waals surface area contributed by atoms with Gasteiger partial charge in [0.1, 0.15) is 4.60 Å². The smallest absolute Gasteiger partial charge is 0.319 e. The molecule has 0 unspecified atom stereocenters. The largest absolute Gasteiger partial charge is 0.331 e. The number of hydrogen-bond donors (Lipinski definition) is 2. The predicted molar refractivity (Wildman–Crippen MR) is 81.6 cm³/mol. The quantitative estimate of drug-likeness (QED) is 0.825. The number of anilines is 1. The average Bonchev–Trinajstić information content (AvgIpc) is 2.85. The van der Waals surface area contributed by atoms with Crippen LogP contribution >= 0.6 is 15.9 Å². The molecule has 1 aromatic heterocycles. The van der Waals surface area contributed by atoms with Crippen LogP contribution in [-0.4, -0.2) is 11.0 Å². The molecular formula is C15H14BrN3O. The maximum atomic E-state index is 12.1. The van der Waals surface area contributed by atoms with Gasteiger partial charge in [-0.25, -0.2) is 9.78 Å². The third-order valence-corrected chi connectivity index (χ3v) is 4.08. The Morgan fingerprint density at radius 3 is 2.95 bits per heavy atom. The summed E-state index contributed by atoms with van der Waals surface area (Å²) in [5, 5.41) is 5.82. The molecule has 1 aliphatic carbocycles. The number of nitrogens with zero attached hydrogens (tertiary/aromatic N) is 1. The van der Waals surface area contributed by atoms with Crippen LogP contribution in [-0.2, 0) is 6.42 Å². The summed E-state index contributed by atoms with van der Waals surface area (Å²) in [6.07, 6.45) is 3.62. The minimum atomic E-state index is -0.208. The molecule has 1 aliphatic rings. The zero-order chi connectivity index (χ0) is 13.9. The summed E-state index contributed by atoms with van der Waals surface area (Å²) in [6, 6.07) is 11.7. The molecule has 2 N–H and O–H groups in total. The number of fused-ring (bicyclic) bond motifs is 1. The van der Waals surface area contributed by atoms with Crippen molar-refractivity contribution in [3.8, 4) is 0 Å². The summed E-state index contributed by atoms with van der Waals surface area (Å²) < 4.78 is 0.627. The van der Waals surface area contributed by atoms with Gasteiger partial charge in [-0.15, -0.1) is 0 Å². The number of rotatable bonds is 2. The molecule has 1 atom stereocenters. The van der Waals surface area contributed by atoms with E-state index in [1.165, 1.54) is 11.1 Å². The molecule has 2 amide bonds. The fourth-order valence-electron chi connectivity index (χ4n) is 2.50. The van der Waals surface area contributed by atoms with Crippen LogP contribution in [0.1, 0.15) is 23.6 Å². The van der Waals surface area contributed by atoms with Gasteiger partial charge in [-0.05, 0) is 52.0 Å². The first kappa shape index (κ1) is 13.1. The van der Waals surface area contributed by atoms with Crippen LogP contribution in [0.3, 0.4) is 0 Å². The maximum absolute atomic E-state index is 12.1. The molecule has 1 aromatic carbocycles. The fraction of sp³-hybridized carbons (Fsp3) is 0.200. The second-order valence-electron chi connectivity index (χ2n) is 4.73. The molecular weight excluding hydrogens is 318 g/mol. The summed E-state index contributed by atoms with van der Waals surface area (Å²) >= 11 is 3.31. The van der Waals surface area contributed by atoms with Crippen molar-refractivity contribution in [1.82, 2.24) is 10.3 Å². The molecule has 0 saturated carbocycles. The number of amides is 2. The van der Waals surface area contributed by atoms with Gasteiger partial charge in [0.05, 0.1) is 11.7 Å². The molecule has 5 heteroatoms. The number of aryl methyl sites for hydroxylation is 1. The molecule has 2 aromatic rings. The summed E-state index contributed by atoms with van der Waals surface area (Å²) in [5.74, 6) is 0. The highest BCUT2D eigenvalue weighted by atomic mass is 79.9. The van der Waals surface area contributed by atoms with E-state index in [4.69, 9.17) is 0 Å². The second kappa shape index (κ2) is 5.63. The van der Waals surface area contributed by atoms with E-state index in [2.05, 4.69) is 43.7 Å². The molecule has 0 spiro atoms.